The number of sulfone groups is 1. The number of halogens is 2. The van der Waals surface area contributed by atoms with Gasteiger partial charge in [-0.2, -0.15) is 0 Å². The Morgan fingerprint density at radius 3 is 2.00 bits per heavy atom. The molecular weight excluding hydrogens is 382 g/mol. The van der Waals surface area contributed by atoms with Crippen LogP contribution in [-0.4, -0.2) is 21.8 Å². The molecule has 0 saturated carbocycles. The highest BCUT2D eigenvalue weighted by molar-refractivity contribution is 7.92. The van der Waals surface area contributed by atoms with E-state index < -0.39 is 26.1 Å². The quantitative estimate of drug-likeness (QED) is 0.685. The Kier molecular flexibility index (Phi) is 4.96. The lowest BCUT2D eigenvalue weighted by molar-refractivity contribution is 0.232. The van der Waals surface area contributed by atoms with E-state index in [2.05, 4.69) is 0 Å². The van der Waals surface area contributed by atoms with Crippen molar-refractivity contribution in [3.05, 3.63) is 88.8 Å². The van der Waals surface area contributed by atoms with Crippen LogP contribution in [0.3, 0.4) is 0 Å². The fraction of sp³-hybridized carbons (Fsp3) is 0.273. The molecule has 2 aromatic carbocycles. The molecule has 0 spiro atoms. The number of methoxy groups -OCH3 is 1. The van der Waals surface area contributed by atoms with E-state index in [9.17, 15) is 8.42 Å². The number of benzene rings is 2. The van der Waals surface area contributed by atoms with Crippen LogP contribution in [0, 0.1) is 13.8 Å². The van der Waals surface area contributed by atoms with E-state index in [-0.39, 0.29) is 5.56 Å². The van der Waals surface area contributed by atoms with Crippen molar-refractivity contribution in [1.29, 1.82) is 0 Å². The number of aryl methyl sites for hydroxylation is 2. The molecule has 2 unspecified atom stereocenters. The maximum absolute atomic E-state index is 15.5. The molecular formula is C22H22F2O3S. The highest BCUT2D eigenvalue weighted by Crippen LogP contribution is 2.47. The van der Waals surface area contributed by atoms with Gasteiger partial charge in [0.05, 0.1) is 7.11 Å². The van der Waals surface area contributed by atoms with Gasteiger partial charge in [-0.3, -0.25) is 0 Å². The molecule has 0 bridgehead atoms. The summed E-state index contributed by atoms with van der Waals surface area (Å²) in [5.41, 5.74) is -0.645. The molecule has 1 aliphatic carbocycles. The summed E-state index contributed by atoms with van der Waals surface area (Å²) in [7, 11) is -2.34. The smallest absolute Gasteiger partial charge is 0.205 e. The molecule has 0 aliphatic heterocycles. The Morgan fingerprint density at radius 2 is 1.54 bits per heavy atom. The fourth-order valence-corrected chi connectivity index (χ4v) is 4.88. The maximum Gasteiger partial charge on any atom is 0.205 e. The molecule has 0 saturated heterocycles. The van der Waals surface area contributed by atoms with Crippen LogP contribution in [0.2, 0.25) is 0 Å². The Balaban J connectivity index is 2.24. The lowest BCUT2D eigenvalue weighted by Crippen LogP contribution is -2.37. The van der Waals surface area contributed by atoms with Crippen molar-refractivity contribution < 1.29 is 21.9 Å². The first kappa shape index (κ1) is 20.3. The summed E-state index contributed by atoms with van der Waals surface area (Å²) < 4.78 is 59.7. The summed E-state index contributed by atoms with van der Waals surface area (Å²) in [5, 5.41) is 0. The molecule has 2 aromatic rings. The third kappa shape index (κ3) is 3.05. The van der Waals surface area contributed by atoms with Gasteiger partial charge in [0, 0.05) is 6.26 Å². The molecule has 1 aliphatic rings. The minimum atomic E-state index is -3.87. The second-order valence-electron chi connectivity index (χ2n) is 7.11. The highest BCUT2D eigenvalue weighted by Gasteiger charge is 2.48. The first-order valence-electron chi connectivity index (χ1n) is 8.74. The summed E-state index contributed by atoms with van der Waals surface area (Å²) in [6.45, 7) is 3.56. The average molecular weight is 404 g/mol. The zero-order valence-corrected chi connectivity index (χ0v) is 17.0. The second-order valence-corrected chi connectivity index (χ2v) is 9.33. The molecule has 0 amide bonds. The van der Waals surface area contributed by atoms with Gasteiger partial charge in [0.1, 0.15) is 16.3 Å². The van der Waals surface area contributed by atoms with Crippen LogP contribution in [0.15, 0.2) is 66.5 Å². The number of rotatable bonds is 4. The molecule has 0 radical (unpaired) electrons. The van der Waals surface area contributed by atoms with Gasteiger partial charge in [-0.25, -0.2) is 17.2 Å². The molecule has 3 rings (SSSR count). The highest BCUT2D eigenvalue weighted by atomic mass is 32.2. The first-order valence-corrected chi connectivity index (χ1v) is 10.6. The summed E-state index contributed by atoms with van der Waals surface area (Å²) in [6.07, 6.45) is 4.12. The average Bonchev–Trinajstić information content (AvgIpc) is 2.63. The van der Waals surface area contributed by atoms with Crippen molar-refractivity contribution in [3.63, 3.8) is 0 Å². The van der Waals surface area contributed by atoms with Crippen LogP contribution in [-0.2, 0) is 20.3 Å². The molecule has 28 heavy (non-hydrogen) atoms. The lowest BCUT2D eigenvalue weighted by Gasteiger charge is -2.34. The van der Waals surface area contributed by atoms with Crippen molar-refractivity contribution in [2.24, 2.45) is 0 Å². The maximum atomic E-state index is 15.5. The molecule has 148 valence electrons. The van der Waals surface area contributed by atoms with Gasteiger partial charge in [0.25, 0.3) is 0 Å². The van der Waals surface area contributed by atoms with Crippen LogP contribution >= 0.6 is 0 Å². The fourth-order valence-electron chi connectivity index (χ4n) is 3.70. The van der Waals surface area contributed by atoms with Crippen LogP contribution in [0.25, 0.3) is 0 Å². The third-order valence-corrected chi connectivity index (χ3v) is 6.89. The molecule has 6 heteroatoms. The Hall–Kier alpha value is -2.47. The topological polar surface area (TPSA) is 43.4 Å². The van der Waals surface area contributed by atoms with Crippen LogP contribution in [0.5, 0.6) is 5.75 Å². The van der Waals surface area contributed by atoms with E-state index in [0.717, 1.165) is 18.4 Å². The summed E-state index contributed by atoms with van der Waals surface area (Å²) in [5.74, 6) is -0.529. The Morgan fingerprint density at radius 1 is 0.964 bits per heavy atom. The predicted octanol–water partition coefficient (Wildman–Crippen LogP) is 4.84. The van der Waals surface area contributed by atoms with Gasteiger partial charge < -0.3 is 4.74 Å². The Labute approximate surface area is 164 Å². The van der Waals surface area contributed by atoms with Crippen molar-refractivity contribution in [2.75, 3.05) is 13.4 Å². The zero-order valence-electron chi connectivity index (χ0n) is 16.2. The van der Waals surface area contributed by atoms with Crippen LogP contribution < -0.4 is 4.74 Å². The minimum Gasteiger partial charge on any atom is -0.496 e. The minimum absolute atomic E-state index is 0.101. The number of alkyl halides is 1. The van der Waals surface area contributed by atoms with E-state index in [1.165, 1.54) is 25.3 Å². The van der Waals surface area contributed by atoms with Gasteiger partial charge in [-0.1, -0.05) is 48.5 Å². The van der Waals surface area contributed by atoms with E-state index >= 15 is 8.78 Å². The lowest BCUT2D eigenvalue weighted by atomic mass is 9.83. The monoisotopic (exact) mass is 404 g/mol. The van der Waals surface area contributed by atoms with Crippen LogP contribution in [0.4, 0.5) is 8.78 Å². The molecule has 0 fully saturated rings. The van der Waals surface area contributed by atoms with Crippen LogP contribution in [0.1, 0.15) is 22.3 Å². The summed E-state index contributed by atoms with van der Waals surface area (Å²) >= 11 is 0. The van der Waals surface area contributed by atoms with E-state index in [1.54, 1.807) is 44.2 Å². The largest absolute Gasteiger partial charge is 0.496 e. The molecule has 0 N–H and O–H groups in total. The number of allylic oxidation sites excluding steroid dienone is 2. The number of hydrogen-bond acceptors (Lipinski definition) is 3. The normalized spacial score (nSPS) is 24.7. The molecule has 0 aromatic heterocycles. The van der Waals surface area contributed by atoms with E-state index in [1.807, 2.05) is 0 Å². The predicted molar refractivity (Wildman–Crippen MR) is 107 cm³/mol. The number of ether oxygens (including phenoxy) is 1. The molecule has 3 nitrogen and oxygen atoms in total. The summed E-state index contributed by atoms with van der Waals surface area (Å²) in [6, 6.07) is 11.1. The zero-order chi connectivity index (χ0) is 20.7. The van der Waals surface area contributed by atoms with E-state index in [0.29, 0.717) is 22.4 Å². The number of hydrogen-bond donors (Lipinski definition) is 0. The first-order chi connectivity index (χ1) is 13.0. The van der Waals surface area contributed by atoms with Gasteiger partial charge in [0.15, 0.2) is 9.84 Å². The van der Waals surface area contributed by atoms with Crippen molar-refractivity contribution in [1.82, 2.24) is 0 Å². The SMILES string of the molecule is COc1c(C)cc(C2(S(C)(=O)=O)C=CC(F)(c3ccccc3)C(F)=C2)cc1C. The van der Waals surface area contributed by atoms with Gasteiger partial charge >= 0.3 is 0 Å². The van der Waals surface area contributed by atoms with Crippen molar-refractivity contribution in [3.8, 4) is 5.75 Å². The second kappa shape index (κ2) is 6.85. The standard InChI is InChI=1S/C22H22F2O3S/c1-15-12-18(13-16(2)20(15)27-3)21(28(4,25)26)10-11-22(24,19(23)14-21)17-8-6-5-7-9-17/h5-14H,1-4H3. The third-order valence-electron chi connectivity index (χ3n) is 5.17. The van der Waals surface area contributed by atoms with Crippen molar-refractivity contribution >= 4 is 9.84 Å². The van der Waals surface area contributed by atoms with Gasteiger partial charge in [-0.15, -0.1) is 0 Å². The van der Waals surface area contributed by atoms with Gasteiger partial charge in [-0.05, 0) is 48.3 Å². The summed E-state index contributed by atoms with van der Waals surface area (Å²) in [4.78, 5) is 0. The molecule has 0 heterocycles. The van der Waals surface area contributed by atoms with Gasteiger partial charge in [0.2, 0.25) is 5.67 Å². The van der Waals surface area contributed by atoms with E-state index in [4.69, 9.17) is 4.74 Å². The Bertz CT molecular complexity index is 1050. The van der Waals surface area contributed by atoms with Crippen molar-refractivity contribution in [2.45, 2.75) is 24.3 Å². The molecule has 2 atom stereocenters.